The lowest BCUT2D eigenvalue weighted by atomic mass is 10.1. The summed E-state index contributed by atoms with van der Waals surface area (Å²) in [5.74, 6) is 0. The van der Waals surface area contributed by atoms with Crippen molar-refractivity contribution in [3.8, 4) is 0 Å². The molecule has 0 saturated carbocycles. The molecule has 0 aromatic heterocycles. The van der Waals surface area contributed by atoms with Crippen molar-refractivity contribution in [1.29, 1.82) is 0 Å². The van der Waals surface area contributed by atoms with Gasteiger partial charge in [0.1, 0.15) is 6.61 Å². The van der Waals surface area contributed by atoms with Gasteiger partial charge in [0.05, 0.1) is 6.04 Å². The molecule has 0 N–H and O–H groups in total. The maximum Gasteiger partial charge on any atom is 0.410 e. The van der Waals surface area contributed by atoms with Crippen LogP contribution >= 0.6 is 0 Å². The van der Waals surface area contributed by atoms with Crippen LogP contribution in [0.2, 0.25) is 0 Å². The number of benzene rings is 1. The zero-order valence-electron chi connectivity index (χ0n) is 9.43. The summed E-state index contributed by atoms with van der Waals surface area (Å²) in [5.41, 5.74) is 1.12. The molecule has 1 amide bonds. The van der Waals surface area contributed by atoms with Gasteiger partial charge in [0, 0.05) is 7.05 Å². The molecule has 15 heavy (non-hydrogen) atoms. The molecule has 0 aliphatic carbocycles. The highest BCUT2D eigenvalue weighted by atomic mass is 16.6. The quantitative estimate of drug-likeness (QED) is 0.708. The second-order valence-electron chi connectivity index (χ2n) is 3.11. The summed E-state index contributed by atoms with van der Waals surface area (Å²) < 4.78 is 4.92. The lowest BCUT2D eigenvalue weighted by Gasteiger charge is -2.15. The van der Waals surface area contributed by atoms with Crippen LogP contribution in [-0.2, 0) is 4.74 Å². The van der Waals surface area contributed by atoms with Crippen molar-refractivity contribution in [2.75, 3.05) is 13.7 Å². The van der Waals surface area contributed by atoms with Gasteiger partial charge >= 0.3 is 6.09 Å². The van der Waals surface area contributed by atoms with Gasteiger partial charge in [-0.15, -0.1) is 0 Å². The SMILES string of the molecule is CC.CN1C(=O)OC[C@@H]1c1ccccc1. The Bertz CT molecular complexity index is 311. The van der Waals surface area contributed by atoms with Gasteiger partial charge in [0.25, 0.3) is 0 Å². The predicted octanol–water partition coefficient (Wildman–Crippen LogP) is 2.84. The molecule has 1 aliphatic heterocycles. The van der Waals surface area contributed by atoms with Crippen molar-refractivity contribution >= 4 is 6.09 Å². The molecule has 1 fully saturated rings. The normalized spacial score (nSPS) is 19.3. The monoisotopic (exact) mass is 207 g/mol. The molecule has 1 heterocycles. The molecular formula is C12H17NO2. The Labute approximate surface area is 90.7 Å². The van der Waals surface area contributed by atoms with E-state index in [4.69, 9.17) is 4.74 Å². The molecule has 1 atom stereocenters. The number of amides is 1. The van der Waals surface area contributed by atoms with E-state index >= 15 is 0 Å². The van der Waals surface area contributed by atoms with Crippen LogP contribution in [-0.4, -0.2) is 24.6 Å². The molecule has 0 unspecified atom stereocenters. The van der Waals surface area contributed by atoms with Gasteiger partial charge in [-0.25, -0.2) is 4.79 Å². The minimum atomic E-state index is -0.242. The van der Waals surface area contributed by atoms with Gasteiger partial charge in [0.15, 0.2) is 0 Å². The lowest BCUT2D eigenvalue weighted by molar-refractivity contribution is 0.163. The molecule has 0 bridgehead atoms. The van der Waals surface area contributed by atoms with Crippen molar-refractivity contribution < 1.29 is 9.53 Å². The number of hydrogen-bond acceptors (Lipinski definition) is 2. The summed E-state index contributed by atoms with van der Waals surface area (Å²) in [6.07, 6.45) is -0.242. The number of carbonyl (C=O) groups is 1. The Morgan fingerprint density at radius 2 is 1.87 bits per heavy atom. The highest BCUT2D eigenvalue weighted by Crippen LogP contribution is 2.25. The van der Waals surface area contributed by atoms with Crippen LogP contribution in [0.3, 0.4) is 0 Å². The summed E-state index contributed by atoms with van der Waals surface area (Å²) in [6.45, 7) is 4.46. The van der Waals surface area contributed by atoms with E-state index in [1.807, 2.05) is 44.2 Å². The topological polar surface area (TPSA) is 29.5 Å². The summed E-state index contributed by atoms with van der Waals surface area (Å²) in [7, 11) is 1.76. The Hall–Kier alpha value is -1.51. The fourth-order valence-corrected chi connectivity index (χ4v) is 1.49. The van der Waals surface area contributed by atoms with Crippen LogP contribution in [0.5, 0.6) is 0 Å². The first kappa shape index (κ1) is 11.6. The van der Waals surface area contributed by atoms with Crippen LogP contribution in [0, 0.1) is 0 Å². The molecule has 3 nitrogen and oxygen atoms in total. The van der Waals surface area contributed by atoms with Gasteiger partial charge in [-0.2, -0.15) is 0 Å². The van der Waals surface area contributed by atoms with Crippen LogP contribution in [0.4, 0.5) is 4.79 Å². The van der Waals surface area contributed by atoms with E-state index in [1.165, 1.54) is 0 Å². The summed E-state index contributed by atoms with van der Waals surface area (Å²) >= 11 is 0. The molecule has 2 rings (SSSR count). The van der Waals surface area contributed by atoms with Crippen molar-refractivity contribution in [3.63, 3.8) is 0 Å². The number of cyclic esters (lactones) is 1. The lowest BCUT2D eigenvalue weighted by Crippen LogP contribution is -2.22. The van der Waals surface area contributed by atoms with E-state index < -0.39 is 0 Å². The fourth-order valence-electron chi connectivity index (χ4n) is 1.49. The average molecular weight is 207 g/mol. The van der Waals surface area contributed by atoms with E-state index in [1.54, 1.807) is 11.9 Å². The van der Waals surface area contributed by atoms with Crippen LogP contribution in [0.15, 0.2) is 30.3 Å². The third-order valence-corrected chi connectivity index (χ3v) is 2.30. The number of ether oxygens (including phenoxy) is 1. The van der Waals surface area contributed by atoms with Gasteiger partial charge in [-0.1, -0.05) is 44.2 Å². The Kier molecular flexibility index (Phi) is 4.16. The first-order valence-corrected chi connectivity index (χ1v) is 5.23. The van der Waals surface area contributed by atoms with Gasteiger partial charge < -0.3 is 9.64 Å². The van der Waals surface area contributed by atoms with Gasteiger partial charge in [-0.3, -0.25) is 0 Å². The van der Waals surface area contributed by atoms with E-state index in [-0.39, 0.29) is 12.1 Å². The maximum atomic E-state index is 11.1. The van der Waals surface area contributed by atoms with E-state index in [0.717, 1.165) is 5.56 Å². The number of hydrogen-bond donors (Lipinski definition) is 0. The molecule has 1 aromatic carbocycles. The smallest absolute Gasteiger partial charge is 0.410 e. The third kappa shape index (κ3) is 2.49. The van der Waals surface area contributed by atoms with Crippen molar-refractivity contribution in [3.05, 3.63) is 35.9 Å². The first-order valence-electron chi connectivity index (χ1n) is 5.23. The van der Waals surface area contributed by atoms with Crippen molar-refractivity contribution in [1.82, 2.24) is 4.90 Å². The molecule has 1 aromatic rings. The van der Waals surface area contributed by atoms with E-state index in [2.05, 4.69) is 0 Å². The maximum absolute atomic E-state index is 11.1. The molecular weight excluding hydrogens is 190 g/mol. The largest absolute Gasteiger partial charge is 0.447 e. The second kappa shape index (κ2) is 5.39. The Balaban J connectivity index is 0.000000531. The Morgan fingerprint density at radius 1 is 1.27 bits per heavy atom. The standard InChI is InChI=1S/C10H11NO2.C2H6/c1-11-9(7-13-10(11)12)8-5-3-2-4-6-8;1-2/h2-6,9H,7H2,1H3;1-2H3/t9-;/m1./s1. The molecule has 3 heteroatoms. The van der Waals surface area contributed by atoms with E-state index in [9.17, 15) is 4.79 Å². The van der Waals surface area contributed by atoms with Crippen molar-refractivity contribution in [2.24, 2.45) is 0 Å². The molecule has 0 spiro atoms. The minimum absolute atomic E-state index is 0.0775. The number of likely N-dealkylation sites (N-methyl/N-ethyl adjacent to an activating group) is 1. The van der Waals surface area contributed by atoms with Crippen LogP contribution < -0.4 is 0 Å². The highest BCUT2D eigenvalue weighted by Gasteiger charge is 2.30. The summed E-state index contributed by atoms with van der Waals surface area (Å²) in [4.78, 5) is 12.7. The summed E-state index contributed by atoms with van der Waals surface area (Å²) in [6, 6.07) is 9.97. The zero-order valence-corrected chi connectivity index (χ0v) is 9.43. The average Bonchev–Trinajstić information content (AvgIpc) is 2.64. The highest BCUT2D eigenvalue weighted by molar-refractivity contribution is 5.70. The van der Waals surface area contributed by atoms with Gasteiger partial charge in [0.2, 0.25) is 0 Å². The number of nitrogens with zero attached hydrogens (tertiary/aromatic N) is 1. The zero-order chi connectivity index (χ0) is 11.3. The van der Waals surface area contributed by atoms with Gasteiger partial charge in [-0.05, 0) is 5.56 Å². The minimum Gasteiger partial charge on any atom is -0.447 e. The van der Waals surface area contributed by atoms with Crippen LogP contribution in [0.1, 0.15) is 25.5 Å². The first-order chi connectivity index (χ1) is 7.29. The van der Waals surface area contributed by atoms with Crippen molar-refractivity contribution in [2.45, 2.75) is 19.9 Å². The molecule has 0 radical (unpaired) electrons. The van der Waals surface area contributed by atoms with E-state index in [0.29, 0.717) is 6.61 Å². The molecule has 82 valence electrons. The summed E-state index contributed by atoms with van der Waals surface area (Å²) in [5, 5.41) is 0. The number of rotatable bonds is 1. The third-order valence-electron chi connectivity index (χ3n) is 2.30. The second-order valence-corrected chi connectivity index (χ2v) is 3.11. The molecule has 1 saturated heterocycles. The van der Waals surface area contributed by atoms with Crippen LogP contribution in [0.25, 0.3) is 0 Å². The predicted molar refractivity (Wildman–Crippen MR) is 59.6 cm³/mol. The number of carbonyl (C=O) groups excluding carboxylic acids is 1. The Morgan fingerprint density at radius 3 is 2.33 bits per heavy atom. The molecule has 1 aliphatic rings. The fraction of sp³-hybridized carbons (Fsp3) is 0.417.